The number of Topliss-reactive ketones (excluding diaryl/α,β-unsaturated/α-hetero) is 1. The average Bonchev–Trinajstić information content (AvgIpc) is 2.46. The van der Waals surface area contributed by atoms with E-state index >= 15 is 0 Å². The molecule has 96 valence electrons. The van der Waals surface area contributed by atoms with E-state index in [0.29, 0.717) is 13.0 Å². The summed E-state index contributed by atoms with van der Waals surface area (Å²) < 4.78 is 4.99. The van der Waals surface area contributed by atoms with Gasteiger partial charge in [-0.3, -0.25) is 9.59 Å². The number of carbonyl (C=O) groups excluding carboxylic acids is 2. The quantitative estimate of drug-likeness (QED) is 0.800. The molecule has 0 radical (unpaired) electrons. The lowest BCUT2D eigenvalue weighted by molar-refractivity contribution is -0.146. The Labute approximate surface area is 106 Å². The first kappa shape index (κ1) is 12.8. The smallest absolute Gasteiger partial charge is 0.294 e. The standard InChI is InChI=1S/C14H17NO3/c16-10-18-14(11-5-2-1-3-6-11)13(17)12-7-4-8-15-9-12/h1-3,5-6,10,12,14-15H,4,7-9H2. The van der Waals surface area contributed by atoms with Gasteiger partial charge >= 0.3 is 0 Å². The summed E-state index contributed by atoms with van der Waals surface area (Å²) in [5, 5.41) is 3.20. The van der Waals surface area contributed by atoms with Crippen LogP contribution >= 0.6 is 0 Å². The highest BCUT2D eigenvalue weighted by Crippen LogP contribution is 2.24. The molecular weight excluding hydrogens is 230 g/mol. The maximum Gasteiger partial charge on any atom is 0.294 e. The van der Waals surface area contributed by atoms with Crippen molar-refractivity contribution >= 4 is 12.3 Å². The van der Waals surface area contributed by atoms with E-state index in [1.165, 1.54) is 0 Å². The van der Waals surface area contributed by atoms with Crippen LogP contribution in [-0.2, 0) is 14.3 Å². The third kappa shape index (κ3) is 2.96. The summed E-state index contributed by atoms with van der Waals surface area (Å²) in [7, 11) is 0. The number of carbonyl (C=O) groups is 2. The molecule has 2 unspecified atom stereocenters. The largest absolute Gasteiger partial charge is 0.452 e. The molecule has 1 aliphatic heterocycles. The lowest BCUT2D eigenvalue weighted by Gasteiger charge is -2.25. The normalized spacial score (nSPS) is 21.0. The molecule has 1 heterocycles. The predicted octanol–water partition coefficient (Wildman–Crippen LogP) is 1.47. The monoisotopic (exact) mass is 247 g/mol. The van der Waals surface area contributed by atoms with Crippen LogP contribution in [0.25, 0.3) is 0 Å². The first-order chi connectivity index (χ1) is 8.83. The van der Waals surface area contributed by atoms with Gasteiger partial charge in [0.05, 0.1) is 0 Å². The number of hydrogen-bond acceptors (Lipinski definition) is 4. The number of hydrogen-bond donors (Lipinski definition) is 1. The summed E-state index contributed by atoms with van der Waals surface area (Å²) in [6.45, 7) is 1.98. The maximum absolute atomic E-state index is 12.4. The van der Waals surface area contributed by atoms with E-state index in [9.17, 15) is 9.59 Å². The number of ether oxygens (including phenoxy) is 1. The molecule has 1 saturated heterocycles. The van der Waals surface area contributed by atoms with Crippen LogP contribution in [0, 0.1) is 5.92 Å². The molecule has 0 aliphatic carbocycles. The highest BCUT2D eigenvalue weighted by molar-refractivity contribution is 5.87. The van der Waals surface area contributed by atoms with Gasteiger partial charge in [0.1, 0.15) is 0 Å². The Morgan fingerprint density at radius 2 is 2.17 bits per heavy atom. The molecule has 0 aromatic heterocycles. The Hall–Kier alpha value is -1.68. The number of rotatable bonds is 5. The number of piperidine rings is 1. The highest BCUT2D eigenvalue weighted by Gasteiger charge is 2.30. The zero-order valence-corrected chi connectivity index (χ0v) is 10.2. The average molecular weight is 247 g/mol. The minimum absolute atomic E-state index is 0.0134. The second kappa shape index (κ2) is 6.31. The topological polar surface area (TPSA) is 55.4 Å². The third-order valence-corrected chi connectivity index (χ3v) is 3.25. The first-order valence-electron chi connectivity index (χ1n) is 6.21. The van der Waals surface area contributed by atoms with E-state index in [-0.39, 0.29) is 11.7 Å². The summed E-state index contributed by atoms with van der Waals surface area (Å²) in [6, 6.07) is 9.16. The van der Waals surface area contributed by atoms with Crippen LogP contribution in [0.15, 0.2) is 30.3 Å². The molecule has 1 fully saturated rings. The summed E-state index contributed by atoms with van der Waals surface area (Å²) in [5.41, 5.74) is 0.736. The Bertz CT molecular complexity index is 399. The molecule has 1 aromatic rings. The SMILES string of the molecule is O=COC(C(=O)C1CCCNC1)c1ccccc1. The second-order valence-corrected chi connectivity index (χ2v) is 4.47. The fourth-order valence-corrected chi connectivity index (χ4v) is 2.30. The summed E-state index contributed by atoms with van der Waals surface area (Å²) in [4.78, 5) is 23.0. The lowest BCUT2D eigenvalue weighted by atomic mass is 9.89. The molecule has 18 heavy (non-hydrogen) atoms. The second-order valence-electron chi connectivity index (χ2n) is 4.47. The Balaban J connectivity index is 2.14. The molecule has 4 heteroatoms. The van der Waals surface area contributed by atoms with Crippen molar-refractivity contribution < 1.29 is 14.3 Å². The van der Waals surface area contributed by atoms with Gasteiger partial charge in [0, 0.05) is 12.5 Å². The van der Waals surface area contributed by atoms with Crippen molar-refractivity contribution in [2.45, 2.75) is 18.9 Å². The fraction of sp³-hybridized carbons (Fsp3) is 0.429. The van der Waals surface area contributed by atoms with Gasteiger partial charge in [0.15, 0.2) is 11.9 Å². The van der Waals surface area contributed by atoms with E-state index in [4.69, 9.17) is 4.74 Å². The van der Waals surface area contributed by atoms with Crippen molar-refractivity contribution in [3.63, 3.8) is 0 Å². The maximum atomic E-state index is 12.4. The number of nitrogens with one attached hydrogen (secondary N) is 1. The number of benzene rings is 1. The molecule has 4 nitrogen and oxygen atoms in total. The highest BCUT2D eigenvalue weighted by atomic mass is 16.5. The molecule has 0 amide bonds. The van der Waals surface area contributed by atoms with Crippen molar-refractivity contribution in [1.29, 1.82) is 0 Å². The van der Waals surface area contributed by atoms with Gasteiger partial charge in [-0.25, -0.2) is 0 Å². The lowest BCUT2D eigenvalue weighted by Crippen LogP contribution is -2.37. The fourth-order valence-electron chi connectivity index (χ4n) is 2.30. The summed E-state index contributed by atoms with van der Waals surface area (Å²) >= 11 is 0. The van der Waals surface area contributed by atoms with Crippen LogP contribution in [-0.4, -0.2) is 25.3 Å². The van der Waals surface area contributed by atoms with Gasteiger partial charge in [-0.1, -0.05) is 30.3 Å². The Morgan fingerprint density at radius 1 is 1.39 bits per heavy atom. The van der Waals surface area contributed by atoms with Crippen LogP contribution in [0.5, 0.6) is 0 Å². The molecule has 2 rings (SSSR count). The predicted molar refractivity (Wildman–Crippen MR) is 66.9 cm³/mol. The van der Waals surface area contributed by atoms with Crippen molar-refractivity contribution in [2.24, 2.45) is 5.92 Å². The molecule has 0 saturated carbocycles. The van der Waals surface area contributed by atoms with Crippen molar-refractivity contribution in [1.82, 2.24) is 5.32 Å². The van der Waals surface area contributed by atoms with E-state index < -0.39 is 6.10 Å². The summed E-state index contributed by atoms with van der Waals surface area (Å²) in [5.74, 6) is -0.0793. The van der Waals surface area contributed by atoms with Crippen LogP contribution in [0.2, 0.25) is 0 Å². The third-order valence-electron chi connectivity index (χ3n) is 3.25. The first-order valence-corrected chi connectivity index (χ1v) is 6.21. The minimum Gasteiger partial charge on any atom is -0.452 e. The van der Waals surface area contributed by atoms with Crippen LogP contribution in [0.3, 0.4) is 0 Å². The van der Waals surface area contributed by atoms with Crippen LogP contribution in [0.1, 0.15) is 24.5 Å². The Morgan fingerprint density at radius 3 is 2.78 bits per heavy atom. The van der Waals surface area contributed by atoms with Gasteiger partial charge in [-0.2, -0.15) is 0 Å². The van der Waals surface area contributed by atoms with Crippen LogP contribution < -0.4 is 5.32 Å². The zero-order chi connectivity index (χ0) is 12.8. The zero-order valence-electron chi connectivity index (χ0n) is 10.2. The molecule has 2 atom stereocenters. The van der Waals surface area contributed by atoms with E-state index in [0.717, 1.165) is 24.9 Å². The van der Waals surface area contributed by atoms with Gasteiger partial charge in [0.25, 0.3) is 6.47 Å². The van der Waals surface area contributed by atoms with Gasteiger partial charge in [-0.05, 0) is 24.9 Å². The van der Waals surface area contributed by atoms with Gasteiger partial charge < -0.3 is 10.1 Å². The molecule has 0 bridgehead atoms. The van der Waals surface area contributed by atoms with Gasteiger partial charge in [0.2, 0.25) is 0 Å². The Kier molecular flexibility index (Phi) is 4.47. The molecule has 1 aliphatic rings. The van der Waals surface area contributed by atoms with Crippen molar-refractivity contribution in [2.75, 3.05) is 13.1 Å². The van der Waals surface area contributed by atoms with E-state index in [1.54, 1.807) is 0 Å². The molecule has 1 aromatic carbocycles. The van der Waals surface area contributed by atoms with Crippen molar-refractivity contribution in [3.8, 4) is 0 Å². The molecule has 1 N–H and O–H groups in total. The van der Waals surface area contributed by atoms with Gasteiger partial charge in [-0.15, -0.1) is 0 Å². The van der Waals surface area contributed by atoms with E-state index in [1.807, 2.05) is 30.3 Å². The molecule has 0 spiro atoms. The molecular formula is C14H17NO3. The number of ketones is 1. The van der Waals surface area contributed by atoms with E-state index in [2.05, 4.69) is 5.32 Å². The summed E-state index contributed by atoms with van der Waals surface area (Å²) in [6.07, 6.45) is 1.07. The minimum atomic E-state index is -0.770. The van der Waals surface area contributed by atoms with Crippen molar-refractivity contribution in [3.05, 3.63) is 35.9 Å². The van der Waals surface area contributed by atoms with Crippen LogP contribution in [0.4, 0.5) is 0 Å².